The van der Waals surface area contributed by atoms with Crippen LogP contribution in [0.4, 0.5) is 0 Å². The van der Waals surface area contributed by atoms with E-state index >= 15 is 0 Å². The molecule has 0 fully saturated rings. The molecule has 0 radical (unpaired) electrons. The highest BCUT2D eigenvalue weighted by molar-refractivity contribution is 8.16. The number of nitrogens with zero attached hydrogens (tertiary/aromatic N) is 2. The molecule has 13 heavy (non-hydrogen) atoms. The van der Waals surface area contributed by atoms with Crippen molar-refractivity contribution in [3.05, 3.63) is 30.1 Å². The number of aromatic nitrogens is 1. The number of rotatable bonds is 1. The molecule has 0 aliphatic carbocycles. The van der Waals surface area contributed by atoms with Crippen LogP contribution in [0.2, 0.25) is 0 Å². The highest BCUT2D eigenvalue weighted by atomic mass is 32.2. The van der Waals surface area contributed by atoms with Crippen LogP contribution >= 0.6 is 11.8 Å². The highest BCUT2D eigenvalue weighted by Gasteiger charge is 2.24. The van der Waals surface area contributed by atoms with Gasteiger partial charge in [-0.1, -0.05) is 11.8 Å². The van der Waals surface area contributed by atoms with Gasteiger partial charge in [-0.15, -0.1) is 0 Å². The molecule has 0 N–H and O–H groups in total. The molecule has 0 unspecified atom stereocenters. The van der Waals surface area contributed by atoms with Crippen LogP contribution in [0.15, 0.2) is 29.5 Å². The minimum Gasteiger partial charge on any atom is -0.271 e. The maximum absolute atomic E-state index is 11.1. The number of thioether (sulfide) groups is 1. The first-order valence-electron chi connectivity index (χ1n) is 3.97. The second kappa shape index (κ2) is 3.30. The lowest BCUT2D eigenvalue weighted by atomic mass is 10.3. The predicted molar refractivity (Wildman–Crippen MR) is 52.8 cm³/mol. The normalized spacial score (nSPS) is 21.8. The van der Waals surface area contributed by atoms with Crippen molar-refractivity contribution in [1.82, 2.24) is 4.98 Å². The Kier molecular flexibility index (Phi) is 2.14. The zero-order valence-electron chi connectivity index (χ0n) is 7.10. The van der Waals surface area contributed by atoms with Gasteiger partial charge in [0.15, 0.2) is 0 Å². The van der Waals surface area contributed by atoms with E-state index in [0.717, 1.165) is 10.6 Å². The Hall–Kier alpha value is -1.16. The summed E-state index contributed by atoms with van der Waals surface area (Å²) in [7, 11) is 0. The summed E-state index contributed by atoms with van der Waals surface area (Å²) in [6.07, 6.45) is 3.40. The van der Waals surface area contributed by atoms with Crippen LogP contribution in [0, 0.1) is 0 Å². The van der Waals surface area contributed by atoms with Crippen molar-refractivity contribution < 1.29 is 4.79 Å². The highest BCUT2D eigenvalue weighted by Crippen LogP contribution is 2.25. The molecule has 3 nitrogen and oxygen atoms in total. The Labute approximate surface area is 80.3 Å². The van der Waals surface area contributed by atoms with E-state index in [1.54, 1.807) is 12.4 Å². The van der Waals surface area contributed by atoms with Crippen molar-refractivity contribution in [2.24, 2.45) is 4.99 Å². The van der Waals surface area contributed by atoms with Crippen molar-refractivity contribution in [3.8, 4) is 0 Å². The number of pyridine rings is 1. The van der Waals surface area contributed by atoms with E-state index in [2.05, 4.69) is 9.98 Å². The van der Waals surface area contributed by atoms with Gasteiger partial charge in [0, 0.05) is 18.0 Å². The van der Waals surface area contributed by atoms with E-state index in [0.29, 0.717) is 0 Å². The number of hydrogen-bond acceptors (Lipinski definition) is 3. The first kappa shape index (κ1) is 8.44. The third-order valence-electron chi connectivity index (χ3n) is 1.78. The quantitative estimate of drug-likeness (QED) is 0.677. The van der Waals surface area contributed by atoms with Crippen molar-refractivity contribution in [2.45, 2.75) is 12.2 Å². The summed E-state index contributed by atoms with van der Waals surface area (Å²) in [5.74, 6) is -0.0446. The van der Waals surface area contributed by atoms with Crippen LogP contribution < -0.4 is 0 Å². The Morgan fingerprint density at radius 2 is 2.08 bits per heavy atom. The summed E-state index contributed by atoms with van der Waals surface area (Å²) >= 11 is 1.50. The lowest BCUT2D eigenvalue weighted by Crippen LogP contribution is -2.02. The zero-order chi connectivity index (χ0) is 9.26. The summed E-state index contributed by atoms with van der Waals surface area (Å²) in [6.45, 7) is 1.87. The number of carbonyl (C=O) groups is 1. The van der Waals surface area contributed by atoms with Gasteiger partial charge < -0.3 is 0 Å². The molecule has 1 atom stereocenters. The van der Waals surface area contributed by atoms with Crippen LogP contribution in [0.25, 0.3) is 0 Å². The van der Waals surface area contributed by atoms with Crippen LogP contribution in [0.1, 0.15) is 12.5 Å². The van der Waals surface area contributed by atoms with Crippen molar-refractivity contribution >= 4 is 22.7 Å². The summed E-state index contributed by atoms with van der Waals surface area (Å²) in [4.78, 5) is 19.0. The number of amides is 1. The number of hydrogen-bond donors (Lipinski definition) is 0. The van der Waals surface area contributed by atoms with Gasteiger partial charge in [-0.2, -0.15) is 0 Å². The van der Waals surface area contributed by atoms with Crippen molar-refractivity contribution in [1.29, 1.82) is 0 Å². The third kappa shape index (κ3) is 1.62. The molecule has 0 bridgehead atoms. The number of aliphatic imine (C=N–C) groups is 1. The second-order valence-corrected chi connectivity index (χ2v) is 4.08. The fourth-order valence-electron chi connectivity index (χ4n) is 1.06. The first-order valence-corrected chi connectivity index (χ1v) is 4.85. The van der Waals surface area contributed by atoms with Gasteiger partial charge in [0.25, 0.3) is 5.91 Å². The molecule has 1 aliphatic rings. The van der Waals surface area contributed by atoms with Crippen LogP contribution in [-0.2, 0) is 4.79 Å². The standard InChI is InChI=1S/C9H8N2OS/c1-6-8(12)11-9(13-6)7-2-4-10-5-3-7/h2-6H,1H3/t6-/m1/s1. The molecule has 4 heteroatoms. The lowest BCUT2D eigenvalue weighted by molar-refractivity contribution is -0.116. The summed E-state index contributed by atoms with van der Waals surface area (Å²) in [5, 5.41) is 0.767. The van der Waals surface area contributed by atoms with Crippen molar-refractivity contribution in [3.63, 3.8) is 0 Å². The Balaban J connectivity index is 2.30. The molecule has 1 aromatic heterocycles. The summed E-state index contributed by atoms with van der Waals surface area (Å²) in [6, 6.07) is 3.72. The third-order valence-corrected chi connectivity index (χ3v) is 2.88. The molecular formula is C9H8N2OS. The molecule has 2 heterocycles. The molecule has 1 aliphatic heterocycles. The van der Waals surface area contributed by atoms with Crippen molar-refractivity contribution in [2.75, 3.05) is 0 Å². The predicted octanol–water partition coefficient (Wildman–Crippen LogP) is 1.49. The van der Waals surface area contributed by atoms with E-state index in [9.17, 15) is 4.79 Å². The Morgan fingerprint density at radius 1 is 1.38 bits per heavy atom. The zero-order valence-corrected chi connectivity index (χ0v) is 7.91. The van der Waals surface area contributed by atoms with Crippen LogP contribution in [0.5, 0.6) is 0 Å². The van der Waals surface area contributed by atoms with Gasteiger partial charge >= 0.3 is 0 Å². The lowest BCUT2D eigenvalue weighted by Gasteiger charge is -1.98. The van der Waals surface area contributed by atoms with E-state index < -0.39 is 0 Å². The molecule has 0 aromatic carbocycles. The molecular weight excluding hydrogens is 184 g/mol. The Morgan fingerprint density at radius 3 is 2.62 bits per heavy atom. The minimum absolute atomic E-state index is 0.0387. The van der Waals surface area contributed by atoms with Gasteiger partial charge in [0.2, 0.25) is 0 Å². The molecule has 66 valence electrons. The Bertz CT molecular complexity index is 361. The molecule has 1 amide bonds. The van der Waals surface area contributed by atoms with Gasteiger partial charge in [0.1, 0.15) is 5.04 Å². The average molecular weight is 192 g/mol. The second-order valence-electron chi connectivity index (χ2n) is 2.75. The monoisotopic (exact) mass is 192 g/mol. The topological polar surface area (TPSA) is 42.3 Å². The van der Waals surface area contributed by atoms with Gasteiger partial charge in [-0.25, -0.2) is 4.99 Å². The van der Waals surface area contributed by atoms with E-state index in [1.165, 1.54) is 11.8 Å². The van der Waals surface area contributed by atoms with Crippen LogP contribution in [0.3, 0.4) is 0 Å². The fourth-order valence-corrected chi connectivity index (χ4v) is 1.97. The molecule has 0 saturated heterocycles. The summed E-state index contributed by atoms with van der Waals surface area (Å²) < 4.78 is 0. The van der Waals surface area contributed by atoms with Gasteiger partial charge in [-0.05, 0) is 19.1 Å². The smallest absolute Gasteiger partial charge is 0.259 e. The van der Waals surface area contributed by atoms with Gasteiger partial charge in [-0.3, -0.25) is 9.78 Å². The minimum atomic E-state index is -0.0446. The molecule has 0 spiro atoms. The van der Waals surface area contributed by atoms with Gasteiger partial charge in [0.05, 0.1) is 5.25 Å². The first-order chi connectivity index (χ1) is 6.27. The van der Waals surface area contributed by atoms with E-state index in [-0.39, 0.29) is 11.2 Å². The average Bonchev–Trinajstić information content (AvgIpc) is 2.49. The largest absolute Gasteiger partial charge is 0.271 e. The molecule has 2 rings (SSSR count). The van der Waals surface area contributed by atoms with E-state index in [4.69, 9.17) is 0 Å². The fraction of sp³-hybridized carbons (Fsp3) is 0.222. The maximum Gasteiger partial charge on any atom is 0.259 e. The molecule has 0 saturated carbocycles. The summed E-state index contributed by atoms with van der Waals surface area (Å²) in [5.41, 5.74) is 0.970. The SMILES string of the molecule is C[C@H]1SC(c2ccncc2)=NC1=O. The van der Waals surface area contributed by atoms with Crippen LogP contribution in [-0.4, -0.2) is 21.2 Å². The van der Waals surface area contributed by atoms with E-state index in [1.807, 2.05) is 19.1 Å². The maximum atomic E-state index is 11.1. The number of carbonyl (C=O) groups excluding carboxylic acids is 1. The molecule has 1 aromatic rings.